The summed E-state index contributed by atoms with van der Waals surface area (Å²) in [4.78, 5) is 4.79. The standard InChI is InChI=1S/C10H23N3O/c1-10(8-11,9-14-3)13-6-4-12(2)5-7-13/h4-9,11H2,1-3H3. The van der Waals surface area contributed by atoms with Gasteiger partial charge in [-0.25, -0.2) is 0 Å². The molecule has 1 heterocycles. The van der Waals surface area contributed by atoms with E-state index >= 15 is 0 Å². The van der Waals surface area contributed by atoms with E-state index in [4.69, 9.17) is 10.5 Å². The minimum atomic E-state index is 0.00993. The molecule has 0 amide bonds. The van der Waals surface area contributed by atoms with Crippen molar-refractivity contribution in [2.45, 2.75) is 12.5 Å². The van der Waals surface area contributed by atoms with Crippen LogP contribution in [0.3, 0.4) is 0 Å². The van der Waals surface area contributed by atoms with Crippen molar-refractivity contribution in [1.82, 2.24) is 9.80 Å². The third-order valence-corrected chi connectivity index (χ3v) is 3.16. The highest BCUT2D eigenvalue weighted by atomic mass is 16.5. The zero-order valence-electron chi connectivity index (χ0n) is 9.62. The lowest BCUT2D eigenvalue weighted by Crippen LogP contribution is -2.60. The Balaban J connectivity index is 2.52. The Labute approximate surface area is 87.0 Å². The average Bonchev–Trinajstić information content (AvgIpc) is 2.19. The molecule has 1 saturated heterocycles. The highest BCUT2D eigenvalue weighted by Gasteiger charge is 2.32. The molecule has 1 fully saturated rings. The van der Waals surface area contributed by atoms with Crippen LogP contribution < -0.4 is 5.73 Å². The second-order valence-electron chi connectivity index (χ2n) is 4.42. The second kappa shape index (κ2) is 5.07. The first-order chi connectivity index (χ1) is 6.62. The van der Waals surface area contributed by atoms with Gasteiger partial charge in [-0.05, 0) is 14.0 Å². The summed E-state index contributed by atoms with van der Waals surface area (Å²) in [6, 6.07) is 0. The lowest BCUT2D eigenvalue weighted by molar-refractivity contribution is 0.00140. The van der Waals surface area contributed by atoms with Crippen LogP contribution in [0.2, 0.25) is 0 Å². The lowest BCUT2D eigenvalue weighted by Gasteiger charge is -2.44. The molecule has 0 bridgehead atoms. The highest BCUT2D eigenvalue weighted by molar-refractivity contribution is 4.89. The van der Waals surface area contributed by atoms with E-state index in [-0.39, 0.29) is 5.54 Å². The number of piperazine rings is 1. The third kappa shape index (κ3) is 2.67. The Bertz CT molecular complexity index is 169. The van der Waals surface area contributed by atoms with E-state index in [0.29, 0.717) is 13.2 Å². The molecule has 0 spiro atoms. The highest BCUT2D eigenvalue weighted by Crippen LogP contribution is 2.16. The Morgan fingerprint density at radius 3 is 2.29 bits per heavy atom. The number of methoxy groups -OCH3 is 1. The zero-order chi connectivity index (χ0) is 10.6. The Kier molecular flexibility index (Phi) is 4.31. The summed E-state index contributed by atoms with van der Waals surface area (Å²) >= 11 is 0. The first-order valence-corrected chi connectivity index (χ1v) is 5.25. The zero-order valence-corrected chi connectivity index (χ0v) is 9.62. The van der Waals surface area contributed by atoms with Crippen molar-refractivity contribution in [2.24, 2.45) is 5.73 Å². The molecule has 1 aliphatic rings. The molecule has 0 radical (unpaired) electrons. The maximum Gasteiger partial charge on any atom is 0.0656 e. The van der Waals surface area contributed by atoms with Gasteiger partial charge in [0.15, 0.2) is 0 Å². The molecule has 1 unspecified atom stereocenters. The fourth-order valence-corrected chi connectivity index (χ4v) is 1.94. The number of hydrogen-bond acceptors (Lipinski definition) is 4. The Morgan fingerprint density at radius 2 is 1.86 bits per heavy atom. The van der Waals surface area contributed by atoms with E-state index < -0.39 is 0 Å². The Hall–Kier alpha value is -0.160. The summed E-state index contributed by atoms with van der Waals surface area (Å²) in [7, 11) is 3.90. The summed E-state index contributed by atoms with van der Waals surface area (Å²) in [5, 5.41) is 0. The quantitative estimate of drug-likeness (QED) is 0.672. The third-order valence-electron chi connectivity index (χ3n) is 3.16. The van der Waals surface area contributed by atoms with Gasteiger partial charge in [-0.2, -0.15) is 0 Å². The van der Waals surface area contributed by atoms with Gasteiger partial charge in [0.05, 0.1) is 12.1 Å². The number of likely N-dealkylation sites (N-methyl/N-ethyl adjacent to an activating group) is 1. The van der Waals surface area contributed by atoms with E-state index in [1.54, 1.807) is 7.11 Å². The van der Waals surface area contributed by atoms with Gasteiger partial charge in [0, 0.05) is 39.8 Å². The summed E-state index contributed by atoms with van der Waals surface area (Å²) in [5.41, 5.74) is 5.83. The molecule has 1 rings (SSSR count). The molecule has 1 atom stereocenters. The minimum absolute atomic E-state index is 0.00993. The summed E-state index contributed by atoms with van der Waals surface area (Å²) in [5.74, 6) is 0. The van der Waals surface area contributed by atoms with E-state index in [0.717, 1.165) is 26.2 Å². The normalized spacial score (nSPS) is 24.9. The van der Waals surface area contributed by atoms with E-state index in [1.807, 2.05) is 0 Å². The first kappa shape index (κ1) is 11.9. The fourth-order valence-electron chi connectivity index (χ4n) is 1.94. The van der Waals surface area contributed by atoms with Crippen LogP contribution in [-0.2, 0) is 4.74 Å². The van der Waals surface area contributed by atoms with Gasteiger partial charge in [0.1, 0.15) is 0 Å². The number of hydrogen-bond donors (Lipinski definition) is 1. The maximum atomic E-state index is 5.82. The molecule has 84 valence electrons. The summed E-state index contributed by atoms with van der Waals surface area (Å²) in [6.07, 6.45) is 0. The van der Waals surface area contributed by atoms with Gasteiger partial charge in [0.25, 0.3) is 0 Å². The average molecular weight is 201 g/mol. The van der Waals surface area contributed by atoms with Crippen LogP contribution in [0.1, 0.15) is 6.92 Å². The molecule has 0 saturated carbocycles. The van der Waals surface area contributed by atoms with Crippen molar-refractivity contribution < 1.29 is 4.74 Å². The van der Waals surface area contributed by atoms with Crippen molar-refractivity contribution in [3.05, 3.63) is 0 Å². The lowest BCUT2D eigenvalue weighted by atomic mass is 10.0. The maximum absolute atomic E-state index is 5.82. The number of nitrogens with two attached hydrogens (primary N) is 1. The van der Waals surface area contributed by atoms with Gasteiger partial charge in [-0.15, -0.1) is 0 Å². The Morgan fingerprint density at radius 1 is 1.29 bits per heavy atom. The molecule has 0 aliphatic carbocycles. The molecule has 0 aromatic rings. The predicted molar refractivity (Wildman–Crippen MR) is 58.4 cm³/mol. The van der Waals surface area contributed by atoms with Crippen LogP contribution >= 0.6 is 0 Å². The van der Waals surface area contributed by atoms with Crippen molar-refractivity contribution in [3.63, 3.8) is 0 Å². The molecule has 0 aromatic heterocycles. The largest absolute Gasteiger partial charge is 0.383 e. The van der Waals surface area contributed by atoms with Gasteiger partial charge >= 0.3 is 0 Å². The van der Waals surface area contributed by atoms with Crippen LogP contribution in [0, 0.1) is 0 Å². The molecule has 14 heavy (non-hydrogen) atoms. The predicted octanol–water partition coefficient (Wildman–Crippen LogP) is -0.402. The van der Waals surface area contributed by atoms with Crippen LogP contribution in [0.25, 0.3) is 0 Å². The van der Waals surface area contributed by atoms with Crippen molar-refractivity contribution in [1.29, 1.82) is 0 Å². The number of ether oxygens (including phenoxy) is 1. The molecule has 4 heteroatoms. The fraction of sp³-hybridized carbons (Fsp3) is 1.00. The van der Waals surface area contributed by atoms with Crippen LogP contribution in [0.5, 0.6) is 0 Å². The molecule has 1 aliphatic heterocycles. The van der Waals surface area contributed by atoms with Gasteiger partial charge in [-0.3, -0.25) is 4.90 Å². The molecule has 2 N–H and O–H groups in total. The number of nitrogens with zero attached hydrogens (tertiary/aromatic N) is 2. The summed E-state index contributed by atoms with van der Waals surface area (Å²) < 4.78 is 5.24. The van der Waals surface area contributed by atoms with Crippen LogP contribution in [-0.4, -0.2) is 68.8 Å². The molecule has 0 aromatic carbocycles. The van der Waals surface area contributed by atoms with Gasteiger partial charge in [0.2, 0.25) is 0 Å². The van der Waals surface area contributed by atoms with E-state index in [2.05, 4.69) is 23.8 Å². The minimum Gasteiger partial charge on any atom is -0.383 e. The van der Waals surface area contributed by atoms with E-state index in [9.17, 15) is 0 Å². The second-order valence-corrected chi connectivity index (χ2v) is 4.42. The monoisotopic (exact) mass is 201 g/mol. The van der Waals surface area contributed by atoms with Crippen LogP contribution in [0.4, 0.5) is 0 Å². The molecule has 4 nitrogen and oxygen atoms in total. The van der Waals surface area contributed by atoms with Crippen molar-refractivity contribution in [2.75, 3.05) is 53.5 Å². The van der Waals surface area contributed by atoms with Gasteiger partial charge in [-0.1, -0.05) is 0 Å². The van der Waals surface area contributed by atoms with Crippen molar-refractivity contribution in [3.8, 4) is 0 Å². The molecular formula is C10H23N3O. The topological polar surface area (TPSA) is 41.7 Å². The summed E-state index contributed by atoms with van der Waals surface area (Å²) in [6.45, 7) is 7.99. The van der Waals surface area contributed by atoms with Crippen molar-refractivity contribution >= 4 is 0 Å². The molecular weight excluding hydrogens is 178 g/mol. The van der Waals surface area contributed by atoms with E-state index in [1.165, 1.54) is 0 Å². The SMILES string of the molecule is COCC(C)(CN)N1CCN(C)CC1. The van der Waals surface area contributed by atoms with Gasteiger partial charge < -0.3 is 15.4 Å². The number of rotatable bonds is 4. The first-order valence-electron chi connectivity index (χ1n) is 5.25. The van der Waals surface area contributed by atoms with Crippen LogP contribution in [0.15, 0.2) is 0 Å². The smallest absolute Gasteiger partial charge is 0.0656 e.